The summed E-state index contributed by atoms with van der Waals surface area (Å²) in [5.41, 5.74) is 0.934. The SMILES string of the molecule is Cn1c(SCC(=O)Nc2ccc3c(c2)OCCO3)nc2cc(Cl)ccc2c1=O. The lowest BCUT2D eigenvalue weighted by atomic mass is 10.2. The number of hydrogen-bond donors (Lipinski definition) is 1. The molecule has 28 heavy (non-hydrogen) atoms. The monoisotopic (exact) mass is 417 g/mol. The van der Waals surface area contributed by atoms with Gasteiger partial charge in [-0.25, -0.2) is 4.98 Å². The van der Waals surface area contributed by atoms with Crippen LogP contribution < -0.4 is 20.3 Å². The molecule has 2 heterocycles. The largest absolute Gasteiger partial charge is 0.486 e. The molecule has 0 aliphatic carbocycles. The van der Waals surface area contributed by atoms with E-state index in [1.54, 1.807) is 43.4 Å². The number of thioether (sulfide) groups is 1. The van der Waals surface area contributed by atoms with Gasteiger partial charge >= 0.3 is 0 Å². The van der Waals surface area contributed by atoms with E-state index >= 15 is 0 Å². The van der Waals surface area contributed by atoms with E-state index in [2.05, 4.69) is 10.3 Å². The molecule has 1 N–H and O–H groups in total. The van der Waals surface area contributed by atoms with E-state index < -0.39 is 0 Å². The van der Waals surface area contributed by atoms with Crippen LogP contribution in [0.15, 0.2) is 46.3 Å². The summed E-state index contributed by atoms with van der Waals surface area (Å²) in [6, 6.07) is 10.2. The molecule has 1 amide bonds. The molecular weight excluding hydrogens is 402 g/mol. The Balaban J connectivity index is 1.47. The van der Waals surface area contributed by atoms with E-state index in [4.69, 9.17) is 21.1 Å². The van der Waals surface area contributed by atoms with Gasteiger partial charge in [0.1, 0.15) is 13.2 Å². The topological polar surface area (TPSA) is 82.5 Å². The standard InChI is InChI=1S/C19H16ClN3O4S/c1-23-18(25)13-4-2-11(20)8-14(13)22-19(23)28-10-17(24)21-12-3-5-15-16(9-12)27-7-6-26-15/h2-5,8-9H,6-7,10H2,1H3,(H,21,24). The summed E-state index contributed by atoms with van der Waals surface area (Å²) in [5.74, 6) is 1.14. The van der Waals surface area contributed by atoms with Crippen molar-refractivity contribution in [3.8, 4) is 11.5 Å². The first-order valence-corrected chi connectivity index (χ1v) is 9.86. The van der Waals surface area contributed by atoms with E-state index in [9.17, 15) is 9.59 Å². The number of benzene rings is 2. The zero-order valence-corrected chi connectivity index (χ0v) is 16.5. The highest BCUT2D eigenvalue weighted by molar-refractivity contribution is 7.99. The molecule has 0 fully saturated rings. The predicted octanol–water partition coefficient (Wildman–Crippen LogP) is 3.09. The fourth-order valence-electron chi connectivity index (χ4n) is 2.80. The van der Waals surface area contributed by atoms with Crippen LogP contribution in [-0.2, 0) is 11.8 Å². The lowest BCUT2D eigenvalue weighted by Crippen LogP contribution is -2.21. The normalized spacial score (nSPS) is 12.8. The van der Waals surface area contributed by atoms with Gasteiger partial charge in [0.05, 0.1) is 16.7 Å². The Bertz CT molecular complexity index is 1130. The number of rotatable bonds is 4. The molecule has 0 radical (unpaired) electrons. The molecule has 1 aliphatic heterocycles. The van der Waals surface area contributed by atoms with Gasteiger partial charge in [0.25, 0.3) is 5.56 Å². The smallest absolute Gasteiger partial charge is 0.261 e. The third-order valence-corrected chi connectivity index (χ3v) is 5.42. The van der Waals surface area contributed by atoms with Crippen molar-refractivity contribution in [1.29, 1.82) is 0 Å². The summed E-state index contributed by atoms with van der Waals surface area (Å²) in [7, 11) is 1.63. The first kappa shape index (κ1) is 18.6. The fraction of sp³-hybridized carbons (Fsp3) is 0.211. The maximum absolute atomic E-state index is 12.5. The molecule has 0 atom stereocenters. The van der Waals surface area contributed by atoms with E-state index in [0.29, 0.717) is 51.5 Å². The number of anilines is 1. The summed E-state index contributed by atoms with van der Waals surface area (Å²) in [5, 5.41) is 4.24. The molecule has 2 aromatic carbocycles. The second-order valence-electron chi connectivity index (χ2n) is 6.12. The third-order valence-electron chi connectivity index (χ3n) is 4.16. The predicted molar refractivity (Wildman–Crippen MR) is 109 cm³/mol. The summed E-state index contributed by atoms with van der Waals surface area (Å²) in [6.07, 6.45) is 0. The Morgan fingerprint density at radius 3 is 2.82 bits per heavy atom. The van der Waals surface area contributed by atoms with Gasteiger partial charge in [0, 0.05) is 23.8 Å². The van der Waals surface area contributed by atoms with Crippen LogP contribution in [0.1, 0.15) is 0 Å². The molecule has 0 saturated carbocycles. The fourth-order valence-corrected chi connectivity index (χ4v) is 3.74. The highest BCUT2D eigenvalue weighted by atomic mass is 35.5. The quantitative estimate of drug-likeness (QED) is 0.519. The second-order valence-corrected chi connectivity index (χ2v) is 7.49. The van der Waals surface area contributed by atoms with Crippen LogP contribution in [0.5, 0.6) is 11.5 Å². The maximum atomic E-state index is 12.5. The second kappa shape index (κ2) is 7.73. The molecule has 4 rings (SSSR count). The molecule has 7 nitrogen and oxygen atoms in total. The average Bonchev–Trinajstić information content (AvgIpc) is 2.69. The summed E-state index contributed by atoms with van der Waals surface area (Å²) < 4.78 is 12.4. The van der Waals surface area contributed by atoms with Crippen molar-refractivity contribution >= 4 is 45.9 Å². The van der Waals surface area contributed by atoms with Crippen LogP contribution in [0, 0.1) is 0 Å². The molecule has 9 heteroatoms. The van der Waals surface area contributed by atoms with Gasteiger partial charge in [-0.3, -0.25) is 14.2 Å². The van der Waals surface area contributed by atoms with Crippen LogP contribution in [0.4, 0.5) is 5.69 Å². The molecule has 144 valence electrons. The van der Waals surface area contributed by atoms with Gasteiger partial charge in [0.2, 0.25) is 5.91 Å². The number of amides is 1. The Kier molecular flexibility index (Phi) is 5.15. The Labute approximate surface area is 169 Å². The molecular formula is C19H16ClN3O4S. The van der Waals surface area contributed by atoms with Crippen molar-refractivity contribution in [2.24, 2.45) is 7.05 Å². The molecule has 3 aromatic rings. The Morgan fingerprint density at radius 2 is 2.00 bits per heavy atom. The Hall–Kier alpha value is -2.71. The zero-order valence-electron chi connectivity index (χ0n) is 14.9. The van der Waals surface area contributed by atoms with Gasteiger partial charge in [-0.2, -0.15) is 0 Å². The van der Waals surface area contributed by atoms with Crippen LogP contribution in [0.2, 0.25) is 5.02 Å². The Morgan fingerprint density at radius 1 is 1.21 bits per heavy atom. The summed E-state index contributed by atoms with van der Waals surface area (Å²) >= 11 is 7.17. The third kappa shape index (κ3) is 3.79. The number of hydrogen-bond acceptors (Lipinski definition) is 6. The highest BCUT2D eigenvalue weighted by Crippen LogP contribution is 2.32. The van der Waals surface area contributed by atoms with Crippen LogP contribution in [0.3, 0.4) is 0 Å². The number of aromatic nitrogens is 2. The molecule has 0 saturated heterocycles. The number of halogens is 1. The van der Waals surface area contributed by atoms with Crippen molar-refractivity contribution in [1.82, 2.24) is 9.55 Å². The van der Waals surface area contributed by atoms with Crippen molar-refractivity contribution in [2.45, 2.75) is 5.16 Å². The molecule has 1 aromatic heterocycles. The van der Waals surface area contributed by atoms with E-state index in [1.165, 1.54) is 16.3 Å². The van der Waals surface area contributed by atoms with E-state index in [-0.39, 0.29) is 17.2 Å². The van der Waals surface area contributed by atoms with Crippen molar-refractivity contribution in [3.63, 3.8) is 0 Å². The van der Waals surface area contributed by atoms with Gasteiger partial charge in [-0.15, -0.1) is 0 Å². The molecule has 0 spiro atoms. The average molecular weight is 418 g/mol. The molecule has 1 aliphatic rings. The van der Waals surface area contributed by atoms with Crippen molar-refractivity contribution in [2.75, 3.05) is 24.3 Å². The van der Waals surface area contributed by atoms with E-state index in [0.717, 1.165) is 0 Å². The number of carbonyl (C=O) groups is 1. The minimum atomic E-state index is -0.220. The van der Waals surface area contributed by atoms with Gasteiger partial charge < -0.3 is 14.8 Å². The zero-order chi connectivity index (χ0) is 19.7. The minimum absolute atomic E-state index is 0.0980. The molecule has 0 bridgehead atoms. The van der Waals surface area contributed by atoms with Crippen LogP contribution in [0.25, 0.3) is 10.9 Å². The van der Waals surface area contributed by atoms with Crippen molar-refractivity contribution in [3.05, 3.63) is 51.8 Å². The number of fused-ring (bicyclic) bond motifs is 2. The number of ether oxygens (including phenoxy) is 2. The van der Waals surface area contributed by atoms with Gasteiger partial charge in [0.15, 0.2) is 16.7 Å². The minimum Gasteiger partial charge on any atom is -0.486 e. The first-order valence-electron chi connectivity index (χ1n) is 8.50. The lowest BCUT2D eigenvalue weighted by molar-refractivity contribution is -0.113. The van der Waals surface area contributed by atoms with E-state index in [1.807, 2.05) is 0 Å². The number of carbonyl (C=O) groups excluding carboxylic acids is 1. The van der Waals surface area contributed by atoms with Crippen molar-refractivity contribution < 1.29 is 14.3 Å². The molecule has 0 unspecified atom stereocenters. The maximum Gasteiger partial charge on any atom is 0.261 e. The lowest BCUT2D eigenvalue weighted by Gasteiger charge is -2.19. The van der Waals surface area contributed by atoms with Crippen LogP contribution in [-0.4, -0.2) is 34.4 Å². The van der Waals surface area contributed by atoms with Crippen LogP contribution >= 0.6 is 23.4 Å². The number of nitrogens with one attached hydrogen (secondary N) is 1. The van der Waals surface area contributed by atoms with Gasteiger partial charge in [-0.1, -0.05) is 23.4 Å². The summed E-state index contributed by atoms with van der Waals surface area (Å²) in [4.78, 5) is 29.3. The first-order chi connectivity index (χ1) is 13.5. The summed E-state index contributed by atoms with van der Waals surface area (Å²) in [6.45, 7) is 0.990. The number of nitrogens with zero attached hydrogens (tertiary/aromatic N) is 2. The highest BCUT2D eigenvalue weighted by Gasteiger charge is 2.14. The van der Waals surface area contributed by atoms with Gasteiger partial charge in [-0.05, 0) is 30.3 Å².